The minimum atomic E-state index is -0.0608. The van der Waals surface area contributed by atoms with Crippen molar-refractivity contribution in [2.24, 2.45) is 0 Å². The zero-order valence-corrected chi connectivity index (χ0v) is 11.1. The van der Waals surface area contributed by atoms with Crippen LogP contribution in [0.1, 0.15) is 24.2 Å². The first-order valence-corrected chi connectivity index (χ1v) is 6.20. The molecule has 0 fully saturated rings. The average Bonchev–Trinajstić information content (AvgIpc) is 2.27. The summed E-state index contributed by atoms with van der Waals surface area (Å²) in [7, 11) is 0. The fraction of sp³-hybridized carbons (Fsp3) is 0.417. The largest absolute Gasteiger partial charge is 0.494 e. The SMILES string of the molecule is CCOc1ccc(C(=O)NCC(C)Br)cc1. The molecular formula is C12H16BrNO2. The van der Waals surface area contributed by atoms with E-state index in [0.717, 1.165) is 5.75 Å². The van der Waals surface area contributed by atoms with E-state index in [1.165, 1.54) is 0 Å². The van der Waals surface area contributed by atoms with E-state index < -0.39 is 0 Å². The van der Waals surface area contributed by atoms with Crippen LogP contribution in [0.25, 0.3) is 0 Å². The van der Waals surface area contributed by atoms with Crippen LogP contribution in [0.4, 0.5) is 0 Å². The second-order valence-electron chi connectivity index (χ2n) is 3.45. The number of carbonyl (C=O) groups excluding carboxylic acids is 1. The lowest BCUT2D eigenvalue weighted by molar-refractivity contribution is 0.0954. The van der Waals surface area contributed by atoms with Crippen LogP contribution in [0.5, 0.6) is 5.75 Å². The Labute approximate surface area is 104 Å². The van der Waals surface area contributed by atoms with Crippen LogP contribution in [-0.2, 0) is 0 Å². The van der Waals surface area contributed by atoms with Gasteiger partial charge in [-0.05, 0) is 31.2 Å². The highest BCUT2D eigenvalue weighted by Crippen LogP contribution is 2.11. The molecule has 1 N–H and O–H groups in total. The number of amides is 1. The summed E-state index contributed by atoms with van der Waals surface area (Å²) in [5.74, 6) is 0.724. The molecule has 16 heavy (non-hydrogen) atoms. The average molecular weight is 286 g/mol. The molecule has 0 saturated heterocycles. The summed E-state index contributed by atoms with van der Waals surface area (Å²) < 4.78 is 5.30. The Bertz CT molecular complexity index is 335. The number of nitrogens with one attached hydrogen (secondary N) is 1. The summed E-state index contributed by atoms with van der Waals surface area (Å²) in [4.78, 5) is 11.9. The predicted octanol–water partition coefficient (Wildman–Crippen LogP) is 2.60. The van der Waals surface area contributed by atoms with E-state index >= 15 is 0 Å². The zero-order valence-electron chi connectivity index (χ0n) is 9.50. The topological polar surface area (TPSA) is 38.3 Å². The number of halogens is 1. The summed E-state index contributed by atoms with van der Waals surface area (Å²) >= 11 is 3.37. The van der Waals surface area contributed by atoms with Gasteiger partial charge in [0.2, 0.25) is 0 Å². The molecule has 0 heterocycles. The molecule has 0 aliphatic rings. The van der Waals surface area contributed by atoms with E-state index in [2.05, 4.69) is 21.2 Å². The van der Waals surface area contributed by atoms with Gasteiger partial charge < -0.3 is 10.1 Å². The van der Waals surface area contributed by atoms with Gasteiger partial charge >= 0.3 is 0 Å². The van der Waals surface area contributed by atoms with E-state index in [-0.39, 0.29) is 10.7 Å². The Morgan fingerprint density at radius 1 is 1.44 bits per heavy atom. The van der Waals surface area contributed by atoms with Crippen LogP contribution in [0.3, 0.4) is 0 Å². The van der Waals surface area contributed by atoms with Gasteiger partial charge in [0.05, 0.1) is 6.61 Å². The molecule has 0 aliphatic carbocycles. The highest BCUT2D eigenvalue weighted by Gasteiger charge is 2.06. The van der Waals surface area contributed by atoms with Gasteiger partial charge in [0.15, 0.2) is 0 Å². The Balaban J connectivity index is 2.56. The maximum atomic E-state index is 11.6. The molecular weight excluding hydrogens is 270 g/mol. The Morgan fingerprint density at radius 2 is 2.06 bits per heavy atom. The number of hydrogen-bond donors (Lipinski definition) is 1. The number of benzene rings is 1. The molecule has 88 valence electrons. The molecule has 1 aromatic rings. The third-order valence-corrected chi connectivity index (χ3v) is 2.30. The maximum absolute atomic E-state index is 11.6. The van der Waals surface area contributed by atoms with Crippen LogP contribution >= 0.6 is 15.9 Å². The quantitative estimate of drug-likeness (QED) is 0.845. The minimum Gasteiger partial charge on any atom is -0.494 e. The molecule has 0 aromatic heterocycles. The van der Waals surface area contributed by atoms with E-state index in [9.17, 15) is 4.79 Å². The highest BCUT2D eigenvalue weighted by molar-refractivity contribution is 9.09. The van der Waals surface area contributed by atoms with Crippen molar-refractivity contribution in [3.8, 4) is 5.75 Å². The second-order valence-corrected chi connectivity index (χ2v) is 5.01. The molecule has 0 saturated carbocycles. The third kappa shape index (κ3) is 4.23. The number of rotatable bonds is 5. The van der Waals surface area contributed by atoms with Gasteiger partial charge in [0, 0.05) is 16.9 Å². The second kappa shape index (κ2) is 6.53. The van der Waals surface area contributed by atoms with Crippen molar-refractivity contribution in [1.29, 1.82) is 0 Å². The van der Waals surface area contributed by atoms with Crippen molar-refractivity contribution in [3.05, 3.63) is 29.8 Å². The molecule has 1 amide bonds. The number of alkyl halides is 1. The first-order valence-electron chi connectivity index (χ1n) is 5.28. The lowest BCUT2D eigenvalue weighted by atomic mass is 10.2. The van der Waals surface area contributed by atoms with Gasteiger partial charge in [0.1, 0.15) is 5.75 Å². The minimum absolute atomic E-state index is 0.0608. The molecule has 1 atom stereocenters. The number of hydrogen-bond acceptors (Lipinski definition) is 2. The van der Waals surface area contributed by atoms with Gasteiger partial charge in [-0.2, -0.15) is 0 Å². The first-order chi connectivity index (χ1) is 7.63. The number of carbonyl (C=O) groups is 1. The normalized spacial score (nSPS) is 11.9. The molecule has 0 aliphatic heterocycles. The molecule has 0 bridgehead atoms. The monoisotopic (exact) mass is 285 g/mol. The predicted molar refractivity (Wildman–Crippen MR) is 68.3 cm³/mol. The van der Waals surface area contributed by atoms with Gasteiger partial charge in [-0.1, -0.05) is 22.9 Å². The fourth-order valence-electron chi connectivity index (χ4n) is 1.20. The van der Waals surface area contributed by atoms with E-state index in [1.807, 2.05) is 13.8 Å². The van der Waals surface area contributed by atoms with Crippen LogP contribution < -0.4 is 10.1 Å². The maximum Gasteiger partial charge on any atom is 0.251 e. The summed E-state index contributed by atoms with van der Waals surface area (Å²) in [6.45, 7) is 5.16. The summed E-state index contributed by atoms with van der Waals surface area (Å²) in [5.41, 5.74) is 0.650. The van der Waals surface area contributed by atoms with Crippen molar-refractivity contribution < 1.29 is 9.53 Å². The lowest BCUT2D eigenvalue weighted by Crippen LogP contribution is -2.28. The molecule has 0 radical (unpaired) electrons. The van der Waals surface area contributed by atoms with E-state index in [0.29, 0.717) is 18.7 Å². The van der Waals surface area contributed by atoms with Crippen molar-refractivity contribution >= 4 is 21.8 Å². The molecule has 1 aromatic carbocycles. The van der Waals surface area contributed by atoms with Gasteiger partial charge in [-0.25, -0.2) is 0 Å². The van der Waals surface area contributed by atoms with Crippen LogP contribution in [-0.4, -0.2) is 23.9 Å². The van der Waals surface area contributed by atoms with E-state index in [4.69, 9.17) is 4.74 Å². The van der Waals surface area contributed by atoms with Crippen molar-refractivity contribution in [1.82, 2.24) is 5.32 Å². The smallest absolute Gasteiger partial charge is 0.251 e. The van der Waals surface area contributed by atoms with Crippen LogP contribution in [0, 0.1) is 0 Å². The van der Waals surface area contributed by atoms with Gasteiger partial charge in [-0.15, -0.1) is 0 Å². The standard InChI is InChI=1S/C12H16BrNO2/c1-3-16-11-6-4-10(5-7-11)12(15)14-8-9(2)13/h4-7,9H,3,8H2,1-2H3,(H,14,15). The van der Waals surface area contributed by atoms with Crippen molar-refractivity contribution in [3.63, 3.8) is 0 Å². The molecule has 1 unspecified atom stereocenters. The first kappa shape index (κ1) is 13.0. The van der Waals surface area contributed by atoms with Gasteiger partial charge in [-0.3, -0.25) is 4.79 Å². The summed E-state index contributed by atoms with van der Waals surface area (Å²) in [6.07, 6.45) is 0. The van der Waals surface area contributed by atoms with E-state index in [1.54, 1.807) is 24.3 Å². The van der Waals surface area contributed by atoms with Crippen LogP contribution in [0.2, 0.25) is 0 Å². The summed E-state index contributed by atoms with van der Waals surface area (Å²) in [6, 6.07) is 7.13. The Kier molecular flexibility index (Phi) is 5.32. The van der Waals surface area contributed by atoms with Crippen LogP contribution in [0.15, 0.2) is 24.3 Å². The molecule has 0 spiro atoms. The number of ether oxygens (including phenoxy) is 1. The molecule has 3 nitrogen and oxygen atoms in total. The van der Waals surface area contributed by atoms with Crippen molar-refractivity contribution in [2.45, 2.75) is 18.7 Å². The molecule has 4 heteroatoms. The summed E-state index contributed by atoms with van der Waals surface area (Å²) in [5, 5.41) is 2.82. The third-order valence-electron chi connectivity index (χ3n) is 1.97. The highest BCUT2D eigenvalue weighted by atomic mass is 79.9. The Morgan fingerprint density at radius 3 is 2.56 bits per heavy atom. The lowest BCUT2D eigenvalue weighted by Gasteiger charge is -2.07. The Hall–Kier alpha value is -1.03. The van der Waals surface area contributed by atoms with Gasteiger partial charge in [0.25, 0.3) is 5.91 Å². The molecule has 1 rings (SSSR count). The van der Waals surface area contributed by atoms with Crippen molar-refractivity contribution in [2.75, 3.05) is 13.2 Å². The zero-order chi connectivity index (χ0) is 12.0. The fourth-order valence-corrected chi connectivity index (χ4v) is 1.37.